The molecule has 1 aliphatic rings. The smallest absolute Gasteiger partial charge is 0.414 e. The number of allylic oxidation sites excluding steroid dienone is 4. The lowest BCUT2D eigenvalue weighted by Crippen LogP contribution is -2.35. The largest absolute Gasteiger partial charge is 0.443 e. The number of fused-ring (bicyclic) bond motifs is 1. The molecule has 27 heavy (non-hydrogen) atoms. The number of carbonyl (C=O) groups is 1. The van der Waals surface area contributed by atoms with E-state index < -0.39 is 11.7 Å². The summed E-state index contributed by atoms with van der Waals surface area (Å²) in [5.41, 5.74) is 7.44. The fourth-order valence-electron chi connectivity index (χ4n) is 3.06. The van der Waals surface area contributed by atoms with Gasteiger partial charge in [0.15, 0.2) is 11.5 Å². The Hall–Kier alpha value is -3.10. The minimum atomic E-state index is -0.590. The molecule has 1 aliphatic carbocycles. The first-order valence-corrected chi connectivity index (χ1v) is 8.63. The first kappa shape index (κ1) is 18.7. The Morgan fingerprint density at radius 2 is 2.11 bits per heavy atom. The molecule has 0 saturated carbocycles. The lowest BCUT2D eigenvalue weighted by molar-refractivity contribution is 0.0345. The molecule has 0 aromatic carbocycles. The molecule has 1 unspecified atom stereocenters. The Kier molecular flexibility index (Phi) is 4.54. The molecule has 3 N–H and O–H groups in total. The molecule has 0 radical (unpaired) electrons. The molecule has 144 valence electrons. The third kappa shape index (κ3) is 3.71. The van der Waals surface area contributed by atoms with Gasteiger partial charge in [-0.15, -0.1) is 0 Å². The number of nitrogen functional groups attached to an aromatic ring is 1. The van der Waals surface area contributed by atoms with E-state index in [1.165, 1.54) is 15.8 Å². The summed E-state index contributed by atoms with van der Waals surface area (Å²) in [7, 11) is 1.66. The first-order valence-electron chi connectivity index (χ1n) is 8.63. The van der Waals surface area contributed by atoms with Crippen LogP contribution in [0.1, 0.15) is 40.2 Å². The van der Waals surface area contributed by atoms with Crippen LogP contribution in [0, 0.1) is 0 Å². The van der Waals surface area contributed by atoms with E-state index in [0.717, 1.165) is 11.3 Å². The zero-order valence-corrected chi connectivity index (χ0v) is 16.1. The summed E-state index contributed by atoms with van der Waals surface area (Å²) in [5.74, 6) is 0.217. The number of rotatable bonds is 2. The molecule has 0 bridgehead atoms. The maximum Gasteiger partial charge on any atom is 0.414 e. The molecule has 0 aliphatic heterocycles. The highest BCUT2D eigenvalue weighted by Crippen LogP contribution is 2.30. The van der Waals surface area contributed by atoms with Crippen LogP contribution >= 0.6 is 0 Å². The molecule has 0 spiro atoms. The summed E-state index contributed by atoms with van der Waals surface area (Å²) in [6.07, 6.45) is 5.18. The highest BCUT2D eigenvalue weighted by molar-refractivity contribution is 5.81. The number of nitrogens with zero attached hydrogens (tertiary/aromatic N) is 4. The third-order valence-electron chi connectivity index (χ3n) is 4.23. The number of imidazole rings is 1. The third-order valence-corrected chi connectivity index (χ3v) is 4.23. The van der Waals surface area contributed by atoms with Gasteiger partial charge in [0.25, 0.3) is 0 Å². The standard InChI is InChI=1S/C18H24N6O3/c1-10-6-11(23(5)17(26)27-18(2,3)4)8-12(7-10)24-15-13(22-16(24)25)14(19)20-9-21-15/h6-7,9,12H,8H2,1-5H3,(H,22,25)(H2,19,20,21). The lowest BCUT2D eigenvalue weighted by Gasteiger charge is -2.29. The van der Waals surface area contributed by atoms with Crippen LogP contribution in [0.5, 0.6) is 0 Å². The Bertz CT molecular complexity index is 1010. The zero-order chi connectivity index (χ0) is 19.9. The van der Waals surface area contributed by atoms with Crippen LogP contribution in [0.4, 0.5) is 10.6 Å². The predicted octanol–water partition coefficient (Wildman–Crippen LogP) is 2.34. The molecule has 9 heteroatoms. The quantitative estimate of drug-likeness (QED) is 0.835. The second-order valence-electron chi connectivity index (χ2n) is 7.61. The van der Waals surface area contributed by atoms with Crippen molar-refractivity contribution in [1.29, 1.82) is 0 Å². The highest BCUT2D eigenvalue weighted by atomic mass is 16.6. The SMILES string of the molecule is CC1=CC(n2c(=O)[nH]c3c(N)ncnc32)CC(N(C)C(=O)OC(C)(C)C)=C1. The minimum absolute atomic E-state index is 0.217. The van der Waals surface area contributed by atoms with Crippen molar-refractivity contribution in [3.8, 4) is 0 Å². The lowest BCUT2D eigenvalue weighted by atomic mass is 10.00. The second-order valence-corrected chi connectivity index (χ2v) is 7.61. The number of amides is 1. The zero-order valence-electron chi connectivity index (χ0n) is 16.1. The van der Waals surface area contributed by atoms with Crippen LogP contribution in [-0.2, 0) is 4.74 Å². The van der Waals surface area contributed by atoms with Gasteiger partial charge in [-0.3, -0.25) is 9.47 Å². The second kappa shape index (κ2) is 6.57. The van der Waals surface area contributed by atoms with E-state index in [2.05, 4.69) is 15.0 Å². The number of aromatic amines is 1. The fraction of sp³-hybridized carbons (Fsp3) is 0.444. The van der Waals surface area contributed by atoms with Gasteiger partial charge in [0.05, 0.1) is 6.04 Å². The van der Waals surface area contributed by atoms with E-state index in [1.54, 1.807) is 7.05 Å². The monoisotopic (exact) mass is 372 g/mol. The normalized spacial score (nSPS) is 17.4. The molecule has 0 fully saturated rings. The van der Waals surface area contributed by atoms with E-state index in [4.69, 9.17) is 10.5 Å². The maximum absolute atomic E-state index is 12.5. The van der Waals surface area contributed by atoms with Crippen molar-refractivity contribution < 1.29 is 9.53 Å². The van der Waals surface area contributed by atoms with Gasteiger partial charge in [-0.1, -0.05) is 11.6 Å². The molecule has 2 heterocycles. The number of H-pyrrole nitrogens is 1. The van der Waals surface area contributed by atoms with Crippen molar-refractivity contribution in [3.05, 3.63) is 40.2 Å². The Morgan fingerprint density at radius 3 is 2.78 bits per heavy atom. The van der Waals surface area contributed by atoms with Crippen LogP contribution in [0.25, 0.3) is 11.2 Å². The number of hydrogen-bond acceptors (Lipinski definition) is 6. The van der Waals surface area contributed by atoms with E-state index >= 15 is 0 Å². The molecule has 2 aromatic rings. The summed E-state index contributed by atoms with van der Waals surface area (Å²) in [6.45, 7) is 7.37. The molecule has 1 atom stereocenters. The van der Waals surface area contributed by atoms with Crippen molar-refractivity contribution in [1.82, 2.24) is 24.4 Å². The average Bonchev–Trinajstić information content (AvgIpc) is 2.89. The van der Waals surface area contributed by atoms with Gasteiger partial charge in [-0.05, 0) is 33.8 Å². The molecule has 9 nitrogen and oxygen atoms in total. The molecule has 3 rings (SSSR count). The number of carbonyl (C=O) groups excluding carboxylic acids is 1. The van der Waals surface area contributed by atoms with E-state index in [0.29, 0.717) is 17.6 Å². The summed E-state index contributed by atoms with van der Waals surface area (Å²) < 4.78 is 6.97. The average molecular weight is 372 g/mol. The molecule has 1 amide bonds. The Balaban J connectivity index is 1.94. The van der Waals surface area contributed by atoms with E-state index in [9.17, 15) is 9.59 Å². The van der Waals surface area contributed by atoms with Crippen LogP contribution in [0.2, 0.25) is 0 Å². The van der Waals surface area contributed by atoms with Crippen molar-refractivity contribution in [2.24, 2.45) is 0 Å². The van der Waals surface area contributed by atoms with Gasteiger partial charge in [0.1, 0.15) is 17.4 Å². The summed E-state index contributed by atoms with van der Waals surface area (Å²) in [4.78, 5) is 37.2. The Labute approximate surface area is 156 Å². The van der Waals surface area contributed by atoms with Crippen LogP contribution in [-0.4, -0.2) is 43.2 Å². The predicted molar refractivity (Wildman–Crippen MR) is 102 cm³/mol. The minimum Gasteiger partial charge on any atom is -0.443 e. The van der Waals surface area contributed by atoms with Crippen molar-refractivity contribution in [2.75, 3.05) is 12.8 Å². The number of hydrogen-bond donors (Lipinski definition) is 2. The first-order chi connectivity index (χ1) is 12.6. The van der Waals surface area contributed by atoms with Gasteiger partial charge in [0.2, 0.25) is 0 Å². The van der Waals surface area contributed by atoms with Crippen molar-refractivity contribution in [3.63, 3.8) is 0 Å². The van der Waals surface area contributed by atoms with Crippen LogP contribution < -0.4 is 11.4 Å². The fourth-order valence-corrected chi connectivity index (χ4v) is 3.06. The number of ether oxygens (including phenoxy) is 1. The number of nitrogens with one attached hydrogen (secondary N) is 1. The molecular weight excluding hydrogens is 348 g/mol. The number of anilines is 1. The van der Waals surface area contributed by atoms with Crippen molar-refractivity contribution in [2.45, 2.75) is 45.8 Å². The van der Waals surface area contributed by atoms with Gasteiger partial charge >= 0.3 is 11.8 Å². The van der Waals surface area contributed by atoms with Gasteiger partial charge in [0, 0.05) is 19.2 Å². The molecule has 0 saturated heterocycles. The van der Waals surface area contributed by atoms with Crippen molar-refractivity contribution >= 4 is 23.1 Å². The van der Waals surface area contributed by atoms with Gasteiger partial charge < -0.3 is 15.5 Å². The number of aromatic nitrogens is 4. The number of nitrogens with two attached hydrogens (primary N) is 1. The van der Waals surface area contributed by atoms with Crippen LogP contribution in [0.3, 0.4) is 0 Å². The van der Waals surface area contributed by atoms with E-state index in [-0.39, 0.29) is 17.5 Å². The molecule has 2 aromatic heterocycles. The molecular formula is C18H24N6O3. The van der Waals surface area contributed by atoms with E-state index in [1.807, 2.05) is 39.8 Å². The maximum atomic E-state index is 12.5. The summed E-state index contributed by atoms with van der Waals surface area (Å²) in [6, 6.07) is -0.314. The van der Waals surface area contributed by atoms with Crippen LogP contribution in [0.15, 0.2) is 34.5 Å². The summed E-state index contributed by atoms with van der Waals surface area (Å²) in [5, 5.41) is 0. The highest BCUT2D eigenvalue weighted by Gasteiger charge is 2.27. The topological polar surface area (TPSA) is 119 Å². The summed E-state index contributed by atoms with van der Waals surface area (Å²) >= 11 is 0. The van der Waals surface area contributed by atoms with Gasteiger partial charge in [-0.25, -0.2) is 19.6 Å². The Morgan fingerprint density at radius 1 is 1.41 bits per heavy atom. The van der Waals surface area contributed by atoms with Gasteiger partial charge in [-0.2, -0.15) is 0 Å².